The van der Waals surface area contributed by atoms with E-state index in [1.165, 1.54) is 25.0 Å². The highest BCUT2D eigenvalue weighted by Gasteiger charge is 2.20. The predicted molar refractivity (Wildman–Crippen MR) is 83.2 cm³/mol. The summed E-state index contributed by atoms with van der Waals surface area (Å²) in [6, 6.07) is 6.12. The van der Waals surface area contributed by atoms with Gasteiger partial charge in [0, 0.05) is 20.1 Å². The SMILES string of the molecule is CN=C(NCCCCOc1ccc(F)cc1)NCC1CC1. The third-order valence-corrected chi connectivity index (χ3v) is 3.42. The van der Waals surface area contributed by atoms with Gasteiger partial charge in [-0.05, 0) is 55.9 Å². The lowest BCUT2D eigenvalue weighted by Gasteiger charge is -2.11. The number of hydrogen-bond donors (Lipinski definition) is 2. The number of aliphatic imine (C=N–C) groups is 1. The molecule has 1 aliphatic carbocycles. The largest absolute Gasteiger partial charge is 0.494 e. The van der Waals surface area contributed by atoms with Gasteiger partial charge in [0.2, 0.25) is 0 Å². The molecule has 1 aromatic rings. The summed E-state index contributed by atoms with van der Waals surface area (Å²) in [4.78, 5) is 4.19. The number of halogens is 1. The van der Waals surface area contributed by atoms with Crippen LogP contribution in [0.3, 0.4) is 0 Å². The molecule has 0 saturated heterocycles. The molecule has 0 heterocycles. The number of guanidine groups is 1. The van der Waals surface area contributed by atoms with E-state index in [1.807, 2.05) is 0 Å². The average Bonchev–Trinajstić information content (AvgIpc) is 3.32. The molecule has 0 aliphatic heterocycles. The highest BCUT2D eigenvalue weighted by molar-refractivity contribution is 5.79. The molecule has 0 spiro atoms. The Kier molecular flexibility index (Phi) is 6.31. The smallest absolute Gasteiger partial charge is 0.190 e. The van der Waals surface area contributed by atoms with Crippen molar-refractivity contribution in [2.45, 2.75) is 25.7 Å². The fraction of sp³-hybridized carbons (Fsp3) is 0.562. The standard InChI is InChI=1S/C16H24FN3O/c1-18-16(20-12-13-4-5-13)19-10-2-3-11-21-15-8-6-14(17)7-9-15/h6-9,13H,2-5,10-12H2,1H3,(H2,18,19,20). The van der Waals surface area contributed by atoms with E-state index in [9.17, 15) is 4.39 Å². The first-order valence-corrected chi connectivity index (χ1v) is 7.61. The van der Waals surface area contributed by atoms with Crippen LogP contribution < -0.4 is 15.4 Å². The molecule has 4 nitrogen and oxygen atoms in total. The van der Waals surface area contributed by atoms with Crippen LogP contribution in [0.2, 0.25) is 0 Å². The van der Waals surface area contributed by atoms with E-state index in [0.717, 1.165) is 37.8 Å². The van der Waals surface area contributed by atoms with Gasteiger partial charge in [0.1, 0.15) is 11.6 Å². The summed E-state index contributed by atoms with van der Waals surface area (Å²) >= 11 is 0. The Bertz CT molecular complexity index is 443. The van der Waals surface area contributed by atoms with E-state index in [2.05, 4.69) is 15.6 Å². The summed E-state index contributed by atoms with van der Waals surface area (Å²) in [7, 11) is 1.79. The topological polar surface area (TPSA) is 45.7 Å². The maximum atomic E-state index is 12.7. The minimum atomic E-state index is -0.239. The summed E-state index contributed by atoms with van der Waals surface area (Å²) in [6.07, 6.45) is 4.63. The van der Waals surface area contributed by atoms with Crippen LogP contribution in [0.1, 0.15) is 25.7 Å². The van der Waals surface area contributed by atoms with E-state index >= 15 is 0 Å². The number of rotatable bonds is 8. The number of benzene rings is 1. The number of nitrogens with zero attached hydrogens (tertiary/aromatic N) is 1. The molecule has 1 aliphatic rings. The van der Waals surface area contributed by atoms with Gasteiger partial charge in [-0.1, -0.05) is 0 Å². The monoisotopic (exact) mass is 293 g/mol. The van der Waals surface area contributed by atoms with Crippen molar-refractivity contribution in [1.29, 1.82) is 0 Å². The van der Waals surface area contributed by atoms with E-state index in [1.54, 1.807) is 19.2 Å². The van der Waals surface area contributed by atoms with Gasteiger partial charge >= 0.3 is 0 Å². The van der Waals surface area contributed by atoms with Crippen molar-refractivity contribution in [3.8, 4) is 5.75 Å². The second kappa shape index (κ2) is 8.49. The first-order chi connectivity index (χ1) is 10.3. The van der Waals surface area contributed by atoms with Crippen molar-refractivity contribution in [2.75, 3.05) is 26.7 Å². The molecule has 2 N–H and O–H groups in total. The van der Waals surface area contributed by atoms with Crippen molar-refractivity contribution in [1.82, 2.24) is 10.6 Å². The highest BCUT2D eigenvalue weighted by atomic mass is 19.1. The molecule has 1 saturated carbocycles. The molecule has 116 valence electrons. The summed E-state index contributed by atoms with van der Waals surface area (Å²) < 4.78 is 18.3. The van der Waals surface area contributed by atoms with Gasteiger partial charge < -0.3 is 15.4 Å². The quantitative estimate of drug-likeness (QED) is 0.440. The van der Waals surface area contributed by atoms with E-state index in [0.29, 0.717) is 12.4 Å². The Labute approximate surface area is 125 Å². The molecule has 1 fully saturated rings. The normalized spacial score (nSPS) is 14.9. The number of hydrogen-bond acceptors (Lipinski definition) is 2. The van der Waals surface area contributed by atoms with E-state index < -0.39 is 0 Å². The zero-order valence-electron chi connectivity index (χ0n) is 12.6. The molecule has 0 radical (unpaired) electrons. The van der Waals surface area contributed by atoms with Gasteiger partial charge in [0.05, 0.1) is 6.61 Å². The number of nitrogens with one attached hydrogen (secondary N) is 2. The lowest BCUT2D eigenvalue weighted by Crippen LogP contribution is -2.38. The summed E-state index contributed by atoms with van der Waals surface area (Å²) in [5.74, 6) is 2.19. The van der Waals surface area contributed by atoms with Crippen LogP contribution in [0, 0.1) is 11.7 Å². The Morgan fingerprint density at radius 1 is 1.24 bits per heavy atom. The lowest BCUT2D eigenvalue weighted by molar-refractivity contribution is 0.306. The van der Waals surface area contributed by atoms with Gasteiger partial charge in [-0.3, -0.25) is 4.99 Å². The molecular formula is C16H24FN3O. The average molecular weight is 293 g/mol. The van der Waals surface area contributed by atoms with Crippen LogP contribution in [-0.4, -0.2) is 32.7 Å². The second-order valence-corrected chi connectivity index (χ2v) is 5.33. The molecule has 21 heavy (non-hydrogen) atoms. The van der Waals surface area contributed by atoms with Crippen LogP contribution in [0.5, 0.6) is 5.75 Å². The van der Waals surface area contributed by atoms with Crippen LogP contribution in [0.15, 0.2) is 29.3 Å². The van der Waals surface area contributed by atoms with Crippen LogP contribution in [0.4, 0.5) is 4.39 Å². The molecule has 0 aromatic heterocycles. The van der Waals surface area contributed by atoms with Gasteiger partial charge in [0.25, 0.3) is 0 Å². The van der Waals surface area contributed by atoms with Crippen molar-refractivity contribution < 1.29 is 9.13 Å². The molecule has 0 bridgehead atoms. The lowest BCUT2D eigenvalue weighted by atomic mass is 10.3. The minimum absolute atomic E-state index is 0.239. The first-order valence-electron chi connectivity index (χ1n) is 7.61. The van der Waals surface area contributed by atoms with Crippen LogP contribution in [-0.2, 0) is 0 Å². The fourth-order valence-electron chi connectivity index (χ4n) is 1.94. The molecule has 0 amide bonds. The maximum absolute atomic E-state index is 12.7. The third kappa shape index (κ3) is 6.47. The molecule has 0 unspecified atom stereocenters. The molecule has 1 aromatic carbocycles. The van der Waals surface area contributed by atoms with E-state index in [4.69, 9.17) is 4.74 Å². The fourth-order valence-corrected chi connectivity index (χ4v) is 1.94. The van der Waals surface area contributed by atoms with Crippen LogP contribution >= 0.6 is 0 Å². The van der Waals surface area contributed by atoms with Gasteiger partial charge in [0.15, 0.2) is 5.96 Å². The Morgan fingerprint density at radius 2 is 2.00 bits per heavy atom. The second-order valence-electron chi connectivity index (χ2n) is 5.33. The molecule has 5 heteroatoms. The molecule has 2 rings (SSSR count). The predicted octanol–water partition coefficient (Wildman–Crippen LogP) is 2.56. The Morgan fingerprint density at radius 3 is 2.67 bits per heavy atom. The van der Waals surface area contributed by atoms with E-state index in [-0.39, 0.29) is 5.82 Å². The zero-order valence-corrected chi connectivity index (χ0v) is 12.6. The van der Waals surface area contributed by atoms with Crippen LogP contribution in [0.25, 0.3) is 0 Å². The Balaban J connectivity index is 1.49. The third-order valence-electron chi connectivity index (χ3n) is 3.42. The summed E-state index contributed by atoms with van der Waals surface area (Å²) in [5, 5.41) is 6.62. The zero-order chi connectivity index (χ0) is 14.9. The van der Waals surface area contributed by atoms with Gasteiger partial charge in [-0.25, -0.2) is 4.39 Å². The first kappa shape index (κ1) is 15.6. The minimum Gasteiger partial charge on any atom is -0.494 e. The van der Waals surface area contributed by atoms with Gasteiger partial charge in [-0.2, -0.15) is 0 Å². The van der Waals surface area contributed by atoms with Crippen molar-refractivity contribution in [3.05, 3.63) is 30.1 Å². The Hall–Kier alpha value is -1.78. The van der Waals surface area contributed by atoms with Crippen molar-refractivity contribution in [2.24, 2.45) is 10.9 Å². The maximum Gasteiger partial charge on any atom is 0.190 e. The molecule has 0 atom stereocenters. The summed E-state index contributed by atoms with van der Waals surface area (Å²) in [5.41, 5.74) is 0. The molecular weight excluding hydrogens is 269 g/mol. The number of ether oxygens (including phenoxy) is 1. The van der Waals surface area contributed by atoms with Gasteiger partial charge in [-0.15, -0.1) is 0 Å². The number of unbranched alkanes of at least 4 members (excludes halogenated alkanes) is 1. The van der Waals surface area contributed by atoms with Crippen molar-refractivity contribution >= 4 is 5.96 Å². The van der Waals surface area contributed by atoms with Crippen molar-refractivity contribution in [3.63, 3.8) is 0 Å². The highest BCUT2D eigenvalue weighted by Crippen LogP contribution is 2.27. The summed E-state index contributed by atoms with van der Waals surface area (Å²) in [6.45, 7) is 2.53.